The van der Waals surface area contributed by atoms with Crippen molar-refractivity contribution >= 4 is 12.3 Å². The fourth-order valence-electron chi connectivity index (χ4n) is 0.611. The Bertz CT molecular complexity index is 288. The van der Waals surface area contributed by atoms with E-state index in [0.717, 1.165) is 6.92 Å². The van der Waals surface area contributed by atoms with E-state index in [-0.39, 0.29) is 0 Å². The van der Waals surface area contributed by atoms with E-state index in [1.54, 1.807) is 0 Å². The van der Waals surface area contributed by atoms with Crippen LogP contribution in [-0.2, 0) is 14.3 Å². The van der Waals surface area contributed by atoms with Crippen LogP contribution in [-0.4, -0.2) is 36.6 Å². The highest BCUT2D eigenvalue weighted by molar-refractivity contribution is 5.80. The van der Waals surface area contributed by atoms with Crippen molar-refractivity contribution in [1.82, 2.24) is 0 Å². The molecule has 0 unspecified atom stereocenters. The van der Waals surface area contributed by atoms with Gasteiger partial charge in [-0.15, -0.1) is 0 Å². The van der Waals surface area contributed by atoms with Gasteiger partial charge < -0.3 is 4.74 Å². The molecule has 0 aliphatic rings. The maximum Gasteiger partial charge on any atom is 0.411 e. The first-order valence-corrected chi connectivity index (χ1v) is 3.74. The van der Waals surface area contributed by atoms with Gasteiger partial charge in [0.2, 0.25) is 0 Å². The number of carbonyl (C=O) groups excluding carboxylic acids is 2. The largest absolute Gasteiger partial charge is 0.461 e. The molecule has 0 N–H and O–H groups in total. The van der Waals surface area contributed by atoms with Crippen LogP contribution in [0.25, 0.3) is 0 Å². The summed E-state index contributed by atoms with van der Waals surface area (Å²) < 4.78 is 78.0. The normalized spacial score (nSPS) is 13.4. The van der Waals surface area contributed by atoms with Gasteiger partial charge in [0.05, 0.1) is 6.61 Å². The molecule has 1 radical (unpaired) electrons. The quantitative estimate of drug-likeness (QED) is 0.550. The third kappa shape index (κ3) is 2.12. The predicted octanol–water partition coefficient (Wildman–Crippen LogP) is 1.57. The Labute approximate surface area is 85.4 Å². The summed E-state index contributed by atoms with van der Waals surface area (Å²) in [6.07, 6.45) is -0.536. The van der Waals surface area contributed by atoms with Crippen molar-refractivity contribution in [2.24, 2.45) is 0 Å². The molecule has 0 bridgehead atoms. The summed E-state index contributed by atoms with van der Waals surface area (Å²) in [5, 5.41) is 0. The highest BCUT2D eigenvalue weighted by Crippen LogP contribution is 2.45. The van der Waals surface area contributed by atoms with Gasteiger partial charge in [-0.1, -0.05) is 0 Å². The Morgan fingerprint density at radius 3 is 1.94 bits per heavy atom. The summed E-state index contributed by atoms with van der Waals surface area (Å²) in [7, 11) is 0. The molecule has 0 amide bonds. The van der Waals surface area contributed by atoms with E-state index in [1.807, 2.05) is 0 Å². The van der Waals surface area contributed by atoms with Gasteiger partial charge in [-0.25, -0.2) is 4.79 Å². The van der Waals surface area contributed by atoms with Gasteiger partial charge in [-0.2, -0.15) is 26.3 Å². The summed E-state index contributed by atoms with van der Waals surface area (Å²) in [5.41, 5.74) is 0. The third-order valence-corrected chi connectivity index (χ3v) is 1.45. The van der Waals surface area contributed by atoms with Crippen LogP contribution in [0.2, 0.25) is 0 Å². The molecule has 0 rings (SSSR count). The number of ether oxygens (including phenoxy) is 1. The number of esters is 1. The van der Waals surface area contributed by atoms with Crippen LogP contribution in [0, 0.1) is 0 Å². The maximum atomic E-state index is 12.6. The second-order valence-corrected chi connectivity index (χ2v) is 2.55. The van der Waals surface area contributed by atoms with Crippen LogP contribution in [0.3, 0.4) is 0 Å². The zero-order valence-electron chi connectivity index (χ0n) is 7.70. The first-order valence-electron chi connectivity index (χ1n) is 3.74. The summed E-state index contributed by atoms with van der Waals surface area (Å²) >= 11 is 0. The van der Waals surface area contributed by atoms with Gasteiger partial charge in [0.25, 0.3) is 6.29 Å². The smallest absolute Gasteiger partial charge is 0.411 e. The summed E-state index contributed by atoms with van der Waals surface area (Å²) in [6.45, 7) is 0.303. The van der Waals surface area contributed by atoms with Crippen LogP contribution >= 0.6 is 0 Å². The maximum absolute atomic E-state index is 12.6. The highest BCUT2D eigenvalue weighted by Gasteiger charge is 2.76. The predicted molar refractivity (Wildman–Crippen MR) is 37.2 cm³/mol. The first kappa shape index (κ1) is 14.7. The van der Waals surface area contributed by atoms with E-state index in [4.69, 9.17) is 0 Å². The van der Waals surface area contributed by atoms with Crippen LogP contribution in [0.4, 0.5) is 26.3 Å². The molecule has 0 aromatic rings. The first-order chi connectivity index (χ1) is 7.04. The van der Waals surface area contributed by atoms with Crippen molar-refractivity contribution in [3.05, 3.63) is 0 Å². The SMILES string of the molecule is CCOC(=O)C(F)(F)C(F)(F)C(F)(F)[C]=O. The molecular weight excluding hydrogens is 246 g/mol. The lowest BCUT2D eigenvalue weighted by atomic mass is 10.1. The number of carbonyl (C=O) groups is 1. The zero-order chi connectivity index (χ0) is 13.2. The van der Waals surface area contributed by atoms with E-state index in [0.29, 0.717) is 0 Å². The molecule has 0 saturated carbocycles. The Kier molecular flexibility index (Phi) is 3.96. The fourth-order valence-corrected chi connectivity index (χ4v) is 0.611. The van der Waals surface area contributed by atoms with Gasteiger partial charge in [-0.3, -0.25) is 4.79 Å². The van der Waals surface area contributed by atoms with E-state index in [9.17, 15) is 35.9 Å². The molecule has 0 aliphatic heterocycles. The zero-order valence-corrected chi connectivity index (χ0v) is 7.70. The van der Waals surface area contributed by atoms with Crippen LogP contribution < -0.4 is 0 Å². The van der Waals surface area contributed by atoms with Gasteiger partial charge in [-0.05, 0) is 6.92 Å². The average Bonchev–Trinajstić information content (AvgIpc) is 2.17. The van der Waals surface area contributed by atoms with E-state index in [2.05, 4.69) is 4.74 Å². The van der Waals surface area contributed by atoms with Crippen LogP contribution in [0.1, 0.15) is 6.92 Å². The van der Waals surface area contributed by atoms with Crippen molar-refractivity contribution < 1.29 is 40.7 Å². The minimum absolute atomic E-state index is 0.536. The molecule has 0 aliphatic carbocycles. The molecule has 93 valence electrons. The molecule has 0 saturated heterocycles. The molecule has 0 aromatic carbocycles. The van der Waals surface area contributed by atoms with E-state index < -0.39 is 36.6 Å². The number of hydrogen-bond acceptors (Lipinski definition) is 3. The number of rotatable bonds is 5. The van der Waals surface area contributed by atoms with Gasteiger partial charge >= 0.3 is 23.7 Å². The minimum atomic E-state index is -6.20. The van der Waals surface area contributed by atoms with Crippen molar-refractivity contribution in [1.29, 1.82) is 0 Å². The summed E-state index contributed by atoms with van der Waals surface area (Å²) in [4.78, 5) is 19.8. The summed E-state index contributed by atoms with van der Waals surface area (Å²) in [5.74, 6) is -20.6. The van der Waals surface area contributed by atoms with Crippen molar-refractivity contribution in [2.45, 2.75) is 24.7 Å². The molecule has 0 aromatic heterocycles. The molecular formula is C7H5F6O3. The van der Waals surface area contributed by atoms with E-state index >= 15 is 0 Å². The van der Waals surface area contributed by atoms with Crippen molar-refractivity contribution in [3.8, 4) is 0 Å². The molecule has 0 spiro atoms. The Balaban J connectivity index is 5.28. The number of alkyl halides is 6. The van der Waals surface area contributed by atoms with Crippen molar-refractivity contribution in [3.63, 3.8) is 0 Å². The lowest BCUT2D eigenvalue weighted by molar-refractivity contribution is -0.283. The van der Waals surface area contributed by atoms with Gasteiger partial charge in [0.15, 0.2) is 0 Å². The second kappa shape index (κ2) is 4.30. The van der Waals surface area contributed by atoms with Gasteiger partial charge in [0, 0.05) is 0 Å². The lowest BCUT2D eigenvalue weighted by Gasteiger charge is -2.27. The van der Waals surface area contributed by atoms with Crippen LogP contribution in [0.5, 0.6) is 0 Å². The molecule has 9 heteroatoms. The Morgan fingerprint density at radius 1 is 1.19 bits per heavy atom. The number of halogens is 6. The van der Waals surface area contributed by atoms with Crippen LogP contribution in [0.15, 0.2) is 0 Å². The van der Waals surface area contributed by atoms with E-state index in [1.165, 1.54) is 0 Å². The Morgan fingerprint density at radius 2 is 1.62 bits per heavy atom. The van der Waals surface area contributed by atoms with Gasteiger partial charge in [0.1, 0.15) is 0 Å². The Hall–Kier alpha value is -1.28. The monoisotopic (exact) mass is 251 g/mol. The molecule has 0 atom stereocenters. The average molecular weight is 251 g/mol. The third-order valence-electron chi connectivity index (χ3n) is 1.45. The molecule has 0 heterocycles. The van der Waals surface area contributed by atoms with Crippen molar-refractivity contribution in [2.75, 3.05) is 6.61 Å². The topological polar surface area (TPSA) is 43.4 Å². The highest BCUT2D eigenvalue weighted by atomic mass is 19.3. The summed E-state index contributed by atoms with van der Waals surface area (Å²) in [6, 6.07) is 0. The molecule has 16 heavy (non-hydrogen) atoms. The lowest BCUT2D eigenvalue weighted by Crippen LogP contribution is -2.59. The standard InChI is InChI=1S/C7H5F6O3/c1-2-16-4(15)6(10,11)7(12,13)5(8,9)3-14/h2H2,1H3. The minimum Gasteiger partial charge on any atom is -0.461 e. The molecule has 3 nitrogen and oxygen atoms in total. The number of hydrogen-bond donors (Lipinski definition) is 0. The molecule has 0 fully saturated rings. The second-order valence-electron chi connectivity index (χ2n) is 2.55. The fraction of sp³-hybridized carbons (Fsp3) is 0.714.